The van der Waals surface area contributed by atoms with Crippen molar-refractivity contribution in [2.45, 2.75) is 58.5 Å². The second-order valence-corrected chi connectivity index (χ2v) is 4.59. The SMILES string of the molecule is CCOCCCCC(C)(NC(C)C)C(=O)O. The zero-order valence-corrected chi connectivity index (χ0v) is 10.9. The number of carboxylic acids is 1. The van der Waals surface area contributed by atoms with Crippen molar-refractivity contribution in [3.8, 4) is 0 Å². The number of nitrogens with one attached hydrogen (secondary N) is 1. The Morgan fingerprint density at radius 3 is 2.50 bits per heavy atom. The molecule has 2 N–H and O–H groups in total. The first-order chi connectivity index (χ1) is 7.42. The van der Waals surface area contributed by atoms with Crippen molar-refractivity contribution in [3.63, 3.8) is 0 Å². The van der Waals surface area contributed by atoms with E-state index in [1.54, 1.807) is 6.92 Å². The van der Waals surface area contributed by atoms with Crippen molar-refractivity contribution >= 4 is 5.97 Å². The third-order valence-electron chi connectivity index (χ3n) is 2.50. The van der Waals surface area contributed by atoms with E-state index in [4.69, 9.17) is 4.74 Å². The average Bonchev–Trinajstić information content (AvgIpc) is 2.16. The van der Waals surface area contributed by atoms with Crippen LogP contribution in [0.15, 0.2) is 0 Å². The third-order valence-corrected chi connectivity index (χ3v) is 2.50. The lowest BCUT2D eigenvalue weighted by Gasteiger charge is -2.28. The van der Waals surface area contributed by atoms with Crippen LogP contribution in [0.5, 0.6) is 0 Å². The molecule has 0 saturated carbocycles. The van der Waals surface area contributed by atoms with Crippen LogP contribution < -0.4 is 5.32 Å². The van der Waals surface area contributed by atoms with E-state index in [9.17, 15) is 9.90 Å². The highest BCUT2D eigenvalue weighted by Crippen LogP contribution is 2.15. The standard InChI is InChI=1S/C12H25NO3/c1-5-16-9-7-6-8-12(4,11(14)15)13-10(2)3/h10,13H,5-9H2,1-4H3,(H,14,15). The largest absolute Gasteiger partial charge is 0.480 e. The Kier molecular flexibility index (Phi) is 7.34. The Hall–Kier alpha value is -0.610. The summed E-state index contributed by atoms with van der Waals surface area (Å²) in [7, 11) is 0. The summed E-state index contributed by atoms with van der Waals surface area (Å²) < 4.78 is 5.22. The van der Waals surface area contributed by atoms with Gasteiger partial charge in [-0.2, -0.15) is 0 Å². The van der Waals surface area contributed by atoms with Gasteiger partial charge in [0, 0.05) is 19.3 Å². The van der Waals surface area contributed by atoms with Gasteiger partial charge in [0.2, 0.25) is 0 Å². The smallest absolute Gasteiger partial charge is 0.323 e. The summed E-state index contributed by atoms with van der Waals surface area (Å²) >= 11 is 0. The molecular formula is C12H25NO3. The molecule has 16 heavy (non-hydrogen) atoms. The first-order valence-corrected chi connectivity index (χ1v) is 6.01. The van der Waals surface area contributed by atoms with E-state index < -0.39 is 11.5 Å². The lowest BCUT2D eigenvalue weighted by molar-refractivity contribution is -0.144. The Labute approximate surface area is 98.4 Å². The van der Waals surface area contributed by atoms with Crippen LogP contribution in [-0.2, 0) is 9.53 Å². The molecule has 0 aromatic carbocycles. The van der Waals surface area contributed by atoms with Crippen molar-refractivity contribution in [1.82, 2.24) is 5.32 Å². The van der Waals surface area contributed by atoms with Gasteiger partial charge in [-0.25, -0.2) is 0 Å². The highest BCUT2D eigenvalue weighted by Gasteiger charge is 2.32. The van der Waals surface area contributed by atoms with Gasteiger partial charge in [0.15, 0.2) is 0 Å². The fraction of sp³-hybridized carbons (Fsp3) is 0.917. The number of aliphatic carboxylic acids is 1. The van der Waals surface area contributed by atoms with Crippen LogP contribution in [0, 0.1) is 0 Å². The van der Waals surface area contributed by atoms with Gasteiger partial charge < -0.3 is 9.84 Å². The number of hydrogen-bond acceptors (Lipinski definition) is 3. The van der Waals surface area contributed by atoms with Gasteiger partial charge in [-0.1, -0.05) is 0 Å². The van der Waals surface area contributed by atoms with Crippen LogP contribution in [0.2, 0.25) is 0 Å². The fourth-order valence-corrected chi connectivity index (χ4v) is 1.70. The number of hydrogen-bond donors (Lipinski definition) is 2. The van der Waals surface area contributed by atoms with Gasteiger partial charge >= 0.3 is 5.97 Å². The van der Waals surface area contributed by atoms with E-state index in [0.717, 1.165) is 19.4 Å². The molecule has 1 atom stereocenters. The van der Waals surface area contributed by atoms with Gasteiger partial charge in [0.05, 0.1) is 0 Å². The molecule has 0 fully saturated rings. The maximum atomic E-state index is 11.2. The summed E-state index contributed by atoms with van der Waals surface area (Å²) in [6.07, 6.45) is 2.41. The van der Waals surface area contributed by atoms with Crippen LogP contribution in [-0.4, -0.2) is 35.9 Å². The molecule has 4 heteroatoms. The molecule has 0 saturated heterocycles. The minimum absolute atomic E-state index is 0.174. The molecule has 0 aliphatic heterocycles. The first kappa shape index (κ1) is 15.4. The molecule has 96 valence electrons. The minimum atomic E-state index is -0.819. The topological polar surface area (TPSA) is 58.6 Å². The number of carbonyl (C=O) groups is 1. The van der Waals surface area contributed by atoms with E-state index in [0.29, 0.717) is 13.0 Å². The number of rotatable bonds is 9. The molecule has 0 aliphatic carbocycles. The second-order valence-electron chi connectivity index (χ2n) is 4.59. The van der Waals surface area contributed by atoms with E-state index in [1.807, 2.05) is 20.8 Å². The number of carboxylic acid groups (broad SMARTS) is 1. The predicted octanol–water partition coefficient (Wildman–Crippen LogP) is 2.03. The molecular weight excluding hydrogens is 206 g/mol. The molecule has 0 bridgehead atoms. The van der Waals surface area contributed by atoms with Gasteiger partial charge in [-0.3, -0.25) is 10.1 Å². The maximum Gasteiger partial charge on any atom is 0.323 e. The van der Waals surface area contributed by atoms with Crippen LogP contribution in [0.3, 0.4) is 0 Å². The molecule has 0 heterocycles. The molecule has 0 spiro atoms. The van der Waals surface area contributed by atoms with Crippen molar-refractivity contribution < 1.29 is 14.6 Å². The lowest BCUT2D eigenvalue weighted by Crippen LogP contribution is -2.52. The van der Waals surface area contributed by atoms with Crippen molar-refractivity contribution in [3.05, 3.63) is 0 Å². The Morgan fingerprint density at radius 2 is 2.06 bits per heavy atom. The van der Waals surface area contributed by atoms with Gasteiger partial charge in [-0.15, -0.1) is 0 Å². The summed E-state index contributed by atoms with van der Waals surface area (Å²) in [5.74, 6) is -0.780. The van der Waals surface area contributed by atoms with Crippen LogP contribution in [0.1, 0.15) is 47.0 Å². The molecule has 0 radical (unpaired) electrons. The normalized spacial score (nSPS) is 15.1. The van der Waals surface area contributed by atoms with Crippen LogP contribution >= 0.6 is 0 Å². The zero-order valence-electron chi connectivity index (χ0n) is 10.9. The van der Waals surface area contributed by atoms with Crippen LogP contribution in [0.4, 0.5) is 0 Å². The van der Waals surface area contributed by atoms with Gasteiger partial charge in [0.25, 0.3) is 0 Å². The molecule has 0 rings (SSSR count). The molecule has 0 aromatic rings. The van der Waals surface area contributed by atoms with E-state index >= 15 is 0 Å². The number of ether oxygens (including phenoxy) is 1. The summed E-state index contributed by atoms with van der Waals surface area (Å²) in [5.41, 5.74) is -0.819. The van der Waals surface area contributed by atoms with Gasteiger partial charge in [-0.05, 0) is 47.0 Å². The molecule has 0 aromatic heterocycles. The molecule has 0 aliphatic rings. The maximum absolute atomic E-state index is 11.2. The monoisotopic (exact) mass is 231 g/mol. The lowest BCUT2D eigenvalue weighted by atomic mass is 9.94. The molecule has 1 unspecified atom stereocenters. The second kappa shape index (κ2) is 7.63. The third kappa shape index (κ3) is 6.08. The summed E-state index contributed by atoms with van der Waals surface area (Å²) in [4.78, 5) is 11.2. The quantitative estimate of drug-likeness (QED) is 0.596. The van der Waals surface area contributed by atoms with Crippen molar-refractivity contribution in [2.24, 2.45) is 0 Å². The Morgan fingerprint density at radius 1 is 1.44 bits per heavy atom. The van der Waals surface area contributed by atoms with Crippen LogP contribution in [0.25, 0.3) is 0 Å². The van der Waals surface area contributed by atoms with E-state index in [-0.39, 0.29) is 6.04 Å². The average molecular weight is 231 g/mol. The number of unbranched alkanes of at least 4 members (excludes halogenated alkanes) is 1. The summed E-state index contributed by atoms with van der Waals surface area (Å²) in [6, 6.07) is 0.174. The highest BCUT2D eigenvalue weighted by molar-refractivity contribution is 5.78. The van der Waals surface area contributed by atoms with E-state index in [2.05, 4.69) is 5.32 Å². The fourth-order valence-electron chi connectivity index (χ4n) is 1.70. The van der Waals surface area contributed by atoms with Crippen molar-refractivity contribution in [1.29, 1.82) is 0 Å². The van der Waals surface area contributed by atoms with Gasteiger partial charge in [0.1, 0.15) is 5.54 Å². The summed E-state index contributed by atoms with van der Waals surface area (Å²) in [6.45, 7) is 9.06. The van der Waals surface area contributed by atoms with E-state index in [1.165, 1.54) is 0 Å². The van der Waals surface area contributed by atoms with Crippen molar-refractivity contribution in [2.75, 3.05) is 13.2 Å². The highest BCUT2D eigenvalue weighted by atomic mass is 16.5. The molecule has 0 amide bonds. The predicted molar refractivity (Wildman–Crippen MR) is 64.7 cm³/mol. The minimum Gasteiger partial charge on any atom is -0.480 e. The zero-order chi connectivity index (χ0) is 12.6. The first-order valence-electron chi connectivity index (χ1n) is 6.01. The molecule has 4 nitrogen and oxygen atoms in total. The Balaban J connectivity index is 3.98. The summed E-state index contributed by atoms with van der Waals surface area (Å²) in [5, 5.41) is 12.3. The Bertz CT molecular complexity index is 206.